The van der Waals surface area contributed by atoms with Crippen molar-refractivity contribution in [1.29, 1.82) is 0 Å². The zero-order chi connectivity index (χ0) is 51.8. The van der Waals surface area contributed by atoms with Gasteiger partial charge in [0.05, 0.1) is 0 Å². The van der Waals surface area contributed by atoms with E-state index in [1.54, 1.807) is 11.1 Å². The summed E-state index contributed by atoms with van der Waals surface area (Å²) in [6.07, 6.45) is 26.3. The molecule has 14 rings (SSSR count). The monoisotopic (exact) mass is 1020 g/mol. The van der Waals surface area contributed by atoms with E-state index < -0.39 is 0 Å². The summed E-state index contributed by atoms with van der Waals surface area (Å²) in [6, 6.07) is 75.6. The van der Waals surface area contributed by atoms with Crippen LogP contribution in [-0.2, 0) is 0 Å². The van der Waals surface area contributed by atoms with Crippen molar-refractivity contribution in [3.63, 3.8) is 0 Å². The average Bonchev–Trinajstić information content (AvgIpc) is 3.69. The summed E-state index contributed by atoms with van der Waals surface area (Å²) in [7, 11) is 0. The molecule has 4 saturated carbocycles. The Morgan fingerprint density at radius 2 is 0.564 bits per heavy atom. The van der Waals surface area contributed by atoms with E-state index in [0.29, 0.717) is 23.7 Å². The lowest BCUT2D eigenvalue weighted by molar-refractivity contribution is 0.443. The molecule has 0 aromatic heterocycles. The van der Waals surface area contributed by atoms with Crippen LogP contribution in [0.2, 0.25) is 0 Å². The van der Waals surface area contributed by atoms with Crippen LogP contribution in [0.25, 0.3) is 54.6 Å². The van der Waals surface area contributed by atoms with E-state index >= 15 is 0 Å². The molecule has 10 aromatic carbocycles. The maximum absolute atomic E-state index is 2.64. The van der Waals surface area contributed by atoms with E-state index in [-0.39, 0.29) is 0 Å². The highest BCUT2D eigenvalue weighted by Crippen LogP contribution is 2.51. The zero-order valence-corrected chi connectivity index (χ0v) is 45.8. The number of para-hydroxylation sites is 2. The fraction of sp³-hybridized carbons (Fsp3) is 0.316. The number of anilines is 6. The lowest BCUT2D eigenvalue weighted by Gasteiger charge is -2.29. The van der Waals surface area contributed by atoms with Gasteiger partial charge in [0.1, 0.15) is 0 Å². The highest BCUT2D eigenvalue weighted by atomic mass is 15.1. The van der Waals surface area contributed by atoms with Gasteiger partial charge in [0.2, 0.25) is 0 Å². The van der Waals surface area contributed by atoms with Crippen LogP contribution in [0.4, 0.5) is 34.1 Å². The van der Waals surface area contributed by atoms with Gasteiger partial charge >= 0.3 is 0 Å². The Labute approximate surface area is 464 Å². The predicted octanol–water partition coefficient (Wildman–Crippen LogP) is 23.0. The Hall–Kier alpha value is -7.16. The van der Waals surface area contributed by atoms with Gasteiger partial charge in [0, 0.05) is 34.1 Å². The van der Waals surface area contributed by atoms with Crippen molar-refractivity contribution < 1.29 is 0 Å². The lowest BCUT2D eigenvalue weighted by atomic mass is 9.76. The summed E-state index contributed by atoms with van der Waals surface area (Å²) in [6.45, 7) is 0. The molecule has 0 unspecified atom stereocenters. The van der Waals surface area contributed by atoms with E-state index in [9.17, 15) is 0 Å². The Balaban J connectivity index is 0.908. The van der Waals surface area contributed by atoms with Crippen LogP contribution in [0.15, 0.2) is 194 Å². The van der Waals surface area contributed by atoms with Crippen LogP contribution in [0.3, 0.4) is 0 Å². The fourth-order valence-electron chi connectivity index (χ4n) is 15.4. The highest BCUT2D eigenvalue weighted by molar-refractivity contribution is 6.29. The molecule has 0 saturated heterocycles. The smallest absolute Gasteiger partial charge is 0.0464 e. The molecule has 0 heterocycles. The Kier molecular flexibility index (Phi) is 13.8. The minimum absolute atomic E-state index is 0.562. The molecule has 4 fully saturated rings. The van der Waals surface area contributed by atoms with Gasteiger partial charge in [-0.05, 0) is 237 Å². The summed E-state index contributed by atoms with van der Waals surface area (Å²) in [5, 5.41) is 8.65. The lowest BCUT2D eigenvalue weighted by Crippen LogP contribution is -2.11. The SMILES string of the molecule is c1ccc(N(c2ccc(-c3cc(C4CCCCC4)c4ccc5c(-c6ccc(N(c7ccccc7)c7cccc(C8CCCCC8)c7)cc6)cc(C6CCCCC6)c6ccc3c4c56)cc2)c2cccc(C3CCCCC3)c2)cc1. The number of nitrogens with zero attached hydrogens (tertiary/aromatic N) is 2. The van der Waals surface area contributed by atoms with Crippen molar-refractivity contribution in [3.05, 3.63) is 216 Å². The van der Waals surface area contributed by atoms with Crippen molar-refractivity contribution in [3.8, 4) is 22.3 Å². The average molecular weight is 1020 g/mol. The van der Waals surface area contributed by atoms with Gasteiger partial charge in [-0.25, -0.2) is 0 Å². The number of benzene rings is 10. The van der Waals surface area contributed by atoms with Crippen LogP contribution >= 0.6 is 0 Å². The predicted molar refractivity (Wildman–Crippen MR) is 334 cm³/mol. The van der Waals surface area contributed by atoms with Crippen molar-refractivity contribution in [1.82, 2.24) is 0 Å². The molecule has 390 valence electrons. The second kappa shape index (κ2) is 21.9. The zero-order valence-electron chi connectivity index (χ0n) is 45.8. The molecule has 0 spiro atoms. The van der Waals surface area contributed by atoms with Crippen molar-refractivity contribution >= 4 is 66.4 Å². The molecule has 0 radical (unpaired) electrons. The van der Waals surface area contributed by atoms with Crippen LogP contribution in [0.5, 0.6) is 0 Å². The minimum atomic E-state index is 0.562. The molecule has 0 aliphatic heterocycles. The molecule has 4 aliphatic rings. The summed E-state index contributed by atoms with van der Waals surface area (Å²) in [4.78, 5) is 4.95. The van der Waals surface area contributed by atoms with Crippen molar-refractivity contribution in [2.24, 2.45) is 0 Å². The fourth-order valence-corrected chi connectivity index (χ4v) is 15.4. The first-order valence-corrected chi connectivity index (χ1v) is 30.6. The van der Waals surface area contributed by atoms with Gasteiger partial charge in [-0.15, -0.1) is 0 Å². The van der Waals surface area contributed by atoms with E-state index in [1.165, 1.54) is 228 Å². The Morgan fingerprint density at radius 1 is 0.244 bits per heavy atom. The Bertz CT molecular complexity index is 3400. The highest BCUT2D eigenvalue weighted by Gasteiger charge is 2.28. The van der Waals surface area contributed by atoms with Crippen LogP contribution < -0.4 is 9.80 Å². The van der Waals surface area contributed by atoms with Gasteiger partial charge in [-0.1, -0.05) is 186 Å². The maximum atomic E-state index is 2.64. The molecule has 0 atom stereocenters. The second-order valence-electron chi connectivity index (χ2n) is 24.1. The van der Waals surface area contributed by atoms with Crippen molar-refractivity contribution in [2.45, 2.75) is 152 Å². The quantitative estimate of drug-likeness (QED) is 0.113. The first-order chi connectivity index (χ1) is 38.7. The van der Waals surface area contributed by atoms with E-state index in [1.807, 2.05) is 0 Å². The molecule has 0 bridgehead atoms. The number of rotatable bonds is 12. The van der Waals surface area contributed by atoms with Crippen LogP contribution in [-0.4, -0.2) is 0 Å². The summed E-state index contributed by atoms with van der Waals surface area (Å²) in [5.41, 5.74) is 18.7. The third-order valence-electron chi connectivity index (χ3n) is 19.4. The Morgan fingerprint density at radius 3 is 0.936 bits per heavy atom. The third kappa shape index (κ3) is 9.48. The standard InChI is InChI=1S/C76H76N2/c1-7-21-53(22-8-1)59-29-19-35-65(49-59)77(61-31-15-5-16-32-61)63-41-37-57(38-42-63)73-51-71(55-25-11-3-12-26-55)67-46-48-70-74(52-72(56-27-13-4-14-28-56)68-45-47-69(73)75(67)76(68)70)58-39-43-64(44-40-58)78(62-33-17-6-18-34-62)66-36-20-30-60(50-66)54-23-9-2-10-24-54/h5-6,15-20,29-56H,1-4,7-14,21-28H2. The van der Waals surface area contributed by atoms with Gasteiger partial charge < -0.3 is 9.80 Å². The molecule has 2 heteroatoms. The third-order valence-corrected chi connectivity index (χ3v) is 19.4. The van der Waals surface area contributed by atoms with E-state index in [4.69, 9.17) is 0 Å². The van der Waals surface area contributed by atoms with E-state index in [2.05, 4.69) is 204 Å². The minimum Gasteiger partial charge on any atom is -0.310 e. The van der Waals surface area contributed by atoms with Crippen molar-refractivity contribution in [2.75, 3.05) is 9.80 Å². The molecular formula is C76H76N2. The number of hydrogen-bond donors (Lipinski definition) is 0. The van der Waals surface area contributed by atoms with Gasteiger partial charge in [-0.3, -0.25) is 0 Å². The molecule has 0 amide bonds. The summed E-state index contributed by atoms with van der Waals surface area (Å²) >= 11 is 0. The largest absolute Gasteiger partial charge is 0.310 e. The summed E-state index contributed by atoms with van der Waals surface area (Å²) < 4.78 is 0. The topological polar surface area (TPSA) is 6.48 Å². The molecular weight excluding hydrogens is 941 g/mol. The van der Waals surface area contributed by atoms with Gasteiger partial charge in [0.15, 0.2) is 0 Å². The first kappa shape index (κ1) is 49.2. The first-order valence-electron chi connectivity index (χ1n) is 30.6. The molecule has 78 heavy (non-hydrogen) atoms. The summed E-state index contributed by atoms with van der Waals surface area (Å²) in [5.74, 6) is 2.42. The second-order valence-corrected chi connectivity index (χ2v) is 24.1. The molecule has 10 aromatic rings. The van der Waals surface area contributed by atoms with Gasteiger partial charge in [-0.2, -0.15) is 0 Å². The molecule has 0 N–H and O–H groups in total. The maximum Gasteiger partial charge on any atom is 0.0464 e. The molecule has 4 aliphatic carbocycles. The number of hydrogen-bond acceptors (Lipinski definition) is 2. The van der Waals surface area contributed by atoms with Gasteiger partial charge in [0.25, 0.3) is 0 Å². The van der Waals surface area contributed by atoms with Crippen LogP contribution in [0.1, 0.15) is 174 Å². The normalized spacial score (nSPS) is 17.3. The molecule has 2 nitrogen and oxygen atoms in total. The van der Waals surface area contributed by atoms with Crippen LogP contribution in [0, 0.1) is 0 Å². The van der Waals surface area contributed by atoms with E-state index in [0.717, 1.165) is 0 Å².